The van der Waals surface area contributed by atoms with Crippen molar-refractivity contribution in [2.45, 2.75) is 13.0 Å². The summed E-state index contributed by atoms with van der Waals surface area (Å²) in [6, 6.07) is 12.3. The van der Waals surface area contributed by atoms with Crippen molar-refractivity contribution in [1.82, 2.24) is 5.32 Å². The van der Waals surface area contributed by atoms with Gasteiger partial charge in [0, 0.05) is 12.1 Å². The summed E-state index contributed by atoms with van der Waals surface area (Å²) in [6.07, 6.45) is 0.766. The fraction of sp³-hybridized carbons (Fsp3) is 0.412. The van der Waals surface area contributed by atoms with Gasteiger partial charge in [0.2, 0.25) is 0 Å². The molecule has 1 N–H and O–H groups in total. The SMILES string of the molecule is COc1ccc2ccccc2c1CNC[C@@H]1CCS(=O)(=O)C1. The Labute approximate surface area is 131 Å². The maximum atomic E-state index is 11.5. The van der Waals surface area contributed by atoms with Gasteiger partial charge in [-0.3, -0.25) is 0 Å². The van der Waals surface area contributed by atoms with Crippen molar-refractivity contribution < 1.29 is 13.2 Å². The van der Waals surface area contributed by atoms with Gasteiger partial charge in [0.25, 0.3) is 0 Å². The Hall–Kier alpha value is -1.59. The average molecular weight is 319 g/mol. The van der Waals surface area contributed by atoms with Crippen LogP contribution in [0.3, 0.4) is 0 Å². The number of ether oxygens (including phenoxy) is 1. The Morgan fingerprint density at radius 2 is 2.05 bits per heavy atom. The van der Waals surface area contributed by atoms with Gasteiger partial charge in [-0.25, -0.2) is 8.42 Å². The lowest BCUT2D eigenvalue weighted by molar-refractivity contribution is 0.407. The summed E-state index contributed by atoms with van der Waals surface area (Å²) in [7, 11) is -1.12. The Balaban J connectivity index is 1.73. The van der Waals surface area contributed by atoms with E-state index in [2.05, 4.69) is 23.5 Å². The van der Waals surface area contributed by atoms with Crippen LogP contribution in [0, 0.1) is 5.92 Å². The Bertz CT molecular complexity index is 771. The number of methoxy groups -OCH3 is 1. The molecular formula is C17H21NO3S. The molecule has 118 valence electrons. The maximum Gasteiger partial charge on any atom is 0.150 e. The molecule has 0 aromatic heterocycles. The first kappa shape index (κ1) is 15.3. The van der Waals surface area contributed by atoms with Crippen molar-refractivity contribution in [3.63, 3.8) is 0 Å². The molecule has 1 atom stereocenters. The zero-order chi connectivity index (χ0) is 15.6. The van der Waals surface area contributed by atoms with Gasteiger partial charge in [-0.05, 0) is 35.7 Å². The van der Waals surface area contributed by atoms with Crippen LogP contribution in [0.15, 0.2) is 36.4 Å². The van der Waals surface area contributed by atoms with Gasteiger partial charge < -0.3 is 10.1 Å². The lowest BCUT2D eigenvalue weighted by atomic mass is 10.0. The monoisotopic (exact) mass is 319 g/mol. The topological polar surface area (TPSA) is 55.4 Å². The summed E-state index contributed by atoms with van der Waals surface area (Å²) >= 11 is 0. The van der Waals surface area contributed by atoms with E-state index in [-0.39, 0.29) is 5.92 Å². The van der Waals surface area contributed by atoms with Crippen LogP contribution in [0.2, 0.25) is 0 Å². The van der Waals surface area contributed by atoms with E-state index in [0.29, 0.717) is 18.1 Å². The highest BCUT2D eigenvalue weighted by Gasteiger charge is 2.27. The second-order valence-corrected chi connectivity index (χ2v) is 8.10. The van der Waals surface area contributed by atoms with Crippen LogP contribution in [0.1, 0.15) is 12.0 Å². The molecule has 0 radical (unpaired) electrons. The average Bonchev–Trinajstić information content (AvgIpc) is 2.86. The lowest BCUT2D eigenvalue weighted by Crippen LogP contribution is -2.23. The molecule has 22 heavy (non-hydrogen) atoms. The van der Waals surface area contributed by atoms with Crippen molar-refractivity contribution in [1.29, 1.82) is 0 Å². The van der Waals surface area contributed by atoms with Crippen LogP contribution in [0.25, 0.3) is 10.8 Å². The molecule has 0 amide bonds. The fourth-order valence-corrected chi connectivity index (χ4v) is 4.99. The molecule has 0 bridgehead atoms. The molecule has 0 spiro atoms. The van der Waals surface area contributed by atoms with Gasteiger partial charge in [-0.1, -0.05) is 30.3 Å². The molecule has 2 aromatic rings. The van der Waals surface area contributed by atoms with Crippen molar-refractivity contribution in [2.24, 2.45) is 5.92 Å². The quantitative estimate of drug-likeness (QED) is 0.919. The normalized spacial score (nSPS) is 20.3. The molecule has 0 unspecified atom stereocenters. The van der Waals surface area contributed by atoms with E-state index in [1.165, 1.54) is 10.8 Å². The van der Waals surface area contributed by atoms with Crippen LogP contribution in [0.4, 0.5) is 0 Å². The Kier molecular flexibility index (Phi) is 4.36. The minimum Gasteiger partial charge on any atom is -0.496 e. The maximum absolute atomic E-state index is 11.5. The standard InChI is InChI=1S/C17H21NO3S/c1-21-17-7-6-14-4-2-3-5-15(14)16(17)11-18-10-13-8-9-22(19,20)12-13/h2-7,13,18H,8-12H2,1H3/t13-/m0/s1. The van der Waals surface area contributed by atoms with Crippen molar-refractivity contribution in [3.8, 4) is 5.75 Å². The molecule has 0 aliphatic carbocycles. The van der Waals surface area contributed by atoms with Crippen molar-refractivity contribution >= 4 is 20.6 Å². The number of fused-ring (bicyclic) bond motifs is 1. The zero-order valence-corrected chi connectivity index (χ0v) is 13.5. The Morgan fingerprint density at radius 1 is 1.23 bits per heavy atom. The van der Waals surface area contributed by atoms with Crippen LogP contribution in [-0.4, -0.2) is 33.6 Å². The summed E-state index contributed by atoms with van der Waals surface area (Å²) < 4.78 is 28.5. The summed E-state index contributed by atoms with van der Waals surface area (Å²) in [4.78, 5) is 0. The van der Waals surface area contributed by atoms with Crippen LogP contribution in [-0.2, 0) is 16.4 Å². The van der Waals surface area contributed by atoms with E-state index in [1.54, 1.807) is 7.11 Å². The lowest BCUT2D eigenvalue weighted by Gasteiger charge is -2.14. The third-order valence-corrected chi connectivity index (χ3v) is 6.12. The summed E-state index contributed by atoms with van der Waals surface area (Å²) in [5.74, 6) is 1.74. The van der Waals surface area contributed by atoms with E-state index < -0.39 is 9.84 Å². The van der Waals surface area contributed by atoms with Gasteiger partial charge >= 0.3 is 0 Å². The zero-order valence-electron chi connectivity index (χ0n) is 12.7. The predicted molar refractivity (Wildman–Crippen MR) is 89.0 cm³/mol. The van der Waals surface area contributed by atoms with Gasteiger partial charge in [-0.2, -0.15) is 0 Å². The van der Waals surface area contributed by atoms with E-state index in [9.17, 15) is 8.42 Å². The first-order valence-electron chi connectivity index (χ1n) is 7.55. The molecule has 0 saturated carbocycles. The third kappa shape index (κ3) is 3.25. The van der Waals surface area contributed by atoms with E-state index >= 15 is 0 Å². The van der Waals surface area contributed by atoms with Gasteiger partial charge in [0.05, 0.1) is 18.6 Å². The number of benzene rings is 2. The largest absolute Gasteiger partial charge is 0.496 e. The number of sulfone groups is 1. The second-order valence-electron chi connectivity index (χ2n) is 5.87. The van der Waals surface area contributed by atoms with Gasteiger partial charge in [0.1, 0.15) is 5.75 Å². The number of nitrogens with one attached hydrogen (secondary N) is 1. The van der Waals surface area contributed by atoms with Gasteiger partial charge in [0.15, 0.2) is 9.84 Å². The highest BCUT2D eigenvalue weighted by Crippen LogP contribution is 2.28. The van der Waals surface area contributed by atoms with E-state index in [1.807, 2.05) is 18.2 Å². The molecule has 1 fully saturated rings. The highest BCUT2D eigenvalue weighted by molar-refractivity contribution is 7.91. The van der Waals surface area contributed by atoms with E-state index in [0.717, 1.165) is 24.3 Å². The van der Waals surface area contributed by atoms with Crippen LogP contribution in [0.5, 0.6) is 5.75 Å². The minimum absolute atomic E-state index is 0.228. The van der Waals surface area contributed by atoms with Crippen LogP contribution < -0.4 is 10.1 Å². The summed E-state index contributed by atoms with van der Waals surface area (Å²) in [6.45, 7) is 1.41. The Morgan fingerprint density at radius 3 is 2.77 bits per heavy atom. The smallest absolute Gasteiger partial charge is 0.150 e. The molecular weight excluding hydrogens is 298 g/mol. The first-order valence-corrected chi connectivity index (χ1v) is 9.37. The second kappa shape index (κ2) is 6.26. The molecule has 5 heteroatoms. The van der Waals surface area contributed by atoms with Crippen LogP contribution >= 0.6 is 0 Å². The number of hydrogen-bond acceptors (Lipinski definition) is 4. The van der Waals surface area contributed by atoms with Gasteiger partial charge in [-0.15, -0.1) is 0 Å². The highest BCUT2D eigenvalue weighted by atomic mass is 32.2. The fourth-order valence-electron chi connectivity index (χ4n) is 3.12. The minimum atomic E-state index is -2.80. The molecule has 1 aliphatic heterocycles. The molecule has 1 aliphatic rings. The van der Waals surface area contributed by atoms with Crippen molar-refractivity contribution in [3.05, 3.63) is 42.0 Å². The van der Waals surface area contributed by atoms with E-state index in [4.69, 9.17) is 4.74 Å². The third-order valence-electron chi connectivity index (χ3n) is 4.28. The molecule has 1 saturated heterocycles. The first-order chi connectivity index (χ1) is 10.6. The molecule has 2 aromatic carbocycles. The predicted octanol–water partition coefficient (Wildman–Crippen LogP) is 2.37. The number of rotatable bonds is 5. The van der Waals surface area contributed by atoms with Crippen molar-refractivity contribution in [2.75, 3.05) is 25.2 Å². The molecule has 3 rings (SSSR count). The summed E-state index contributed by atoms with van der Waals surface area (Å²) in [5, 5.41) is 5.76. The number of hydrogen-bond donors (Lipinski definition) is 1. The summed E-state index contributed by atoms with van der Waals surface area (Å²) in [5.41, 5.74) is 1.13. The molecule has 4 nitrogen and oxygen atoms in total. The molecule has 1 heterocycles.